The second-order valence-corrected chi connectivity index (χ2v) is 6.56. The lowest BCUT2D eigenvalue weighted by Gasteiger charge is -2.28. The van der Waals surface area contributed by atoms with Crippen LogP contribution in [0.15, 0.2) is 18.2 Å². The Morgan fingerprint density at radius 3 is 2.48 bits per heavy atom. The monoisotopic (exact) mass is 317 g/mol. The van der Waals surface area contributed by atoms with Crippen molar-refractivity contribution >= 4 is 17.5 Å². The minimum absolute atomic E-state index is 0.00583. The molecule has 0 radical (unpaired) electrons. The van der Waals surface area contributed by atoms with E-state index in [2.05, 4.69) is 10.6 Å². The number of amides is 2. The molecular formula is C18H27N3O2. The fourth-order valence-corrected chi connectivity index (χ4v) is 3.11. The first-order valence-corrected chi connectivity index (χ1v) is 8.32. The SMILES string of the molecule is Cc1ccc(NC(=O)C2(CNC(=O)CCN)CCCC2)cc1C. The normalized spacial score (nSPS) is 16.1. The van der Waals surface area contributed by atoms with Gasteiger partial charge in [0, 0.05) is 25.2 Å². The van der Waals surface area contributed by atoms with Crippen LogP contribution < -0.4 is 16.4 Å². The molecule has 2 rings (SSSR count). The van der Waals surface area contributed by atoms with E-state index in [9.17, 15) is 9.59 Å². The van der Waals surface area contributed by atoms with Crippen LogP contribution in [0.4, 0.5) is 5.69 Å². The number of carbonyl (C=O) groups is 2. The van der Waals surface area contributed by atoms with E-state index < -0.39 is 5.41 Å². The molecule has 1 saturated carbocycles. The summed E-state index contributed by atoms with van der Waals surface area (Å²) in [4.78, 5) is 24.5. The van der Waals surface area contributed by atoms with Crippen molar-refractivity contribution in [3.63, 3.8) is 0 Å². The average Bonchev–Trinajstić information content (AvgIpc) is 2.99. The Hall–Kier alpha value is -1.88. The zero-order chi connectivity index (χ0) is 16.9. The Labute approximate surface area is 138 Å². The number of aryl methyl sites for hydroxylation is 2. The van der Waals surface area contributed by atoms with Crippen LogP contribution in [0.5, 0.6) is 0 Å². The lowest BCUT2D eigenvalue weighted by Crippen LogP contribution is -2.44. The Bertz CT molecular complexity index is 578. The summed E-state index contributed by atoms with van der Waals surface area (Å²) >= 11 is 0. The quantitative estimate of drug-likeness (QED) is 0.752. The molecule has 0 bridgehead atoms. The van der Waals surface area contributed by atoms with E-state index in [-0.39, 0.29) is 11.8 Å². The molecule has 0 aromatic heterocycles. The van der Waals surface area contributed by atoms with Crippen molar-refractivity contribution in [2.24, 2.45) is 11.1 Å². The fraction of sp³-hybridized carbons (Fsp3) is 0.556. The molecule has 23 heavy (non-hydrogen) atoms. The summed E-state index contributed by atoms with van der Waals surface area (Å²) in [5, 5.41) is 5.91. The molecule has 1 aliphatic rings. The molecule has 0 heterocycles. The maximum atomic E-state index is 12.8. The fourth-order valence-electron chi connectivity index (χ4n) is 3.11. The van der Waals surface area contributed by atoms with Gasteiger partial charge in [-0.15, -0.1) is 0 Å². The number of hydrogen-bond donors (Lipinski definition) is 3. The highest BCUT2D eigenvalue weighted by molar-refractivity contribution is 5.96. The zero-order valence-electron chi connectivity index (χ0n) is 14.1. The van der Waals surface area contributed by atoms with Crippen molar-refractivity contribution in [1.82, 2.24) is 5.32 Å². The Morgan fingerprint density at radius 1 is 1.17 bits per heavy atom. The molecule has 0 aliphatic heterocycles. The third-order valence-corrected chi connectivity index (χ3v) is 4.80. The number of rotatable bonds is 6. The molecule has 0 unspecified atom stereocenters. The van der Waals surface area contributed by atoms with Crippen molar-refractivity contribution in [2.75, 3.05) is 18.4 Å². The largest absolute Gasteiger partial charge is 0.355 e. The van der Waals surface area contributed by atoms with E-state index in [1.807, 2.05) is 32.0 Å². The predicted molar refractivity (Wildman–Crippen MR) is 92.1 cm³/mol. The first kappa shape index (κ1) is 17.5. The molecule has 5 heteroatoms. The van der Waals surface area contributed by atoms with Gasteiger partial charge in [0.2, 0.25) is 11.8 Å². The summed E-state index contributed by atoms with van der Waals surface area (Å²) in [6.45, 7) is 4.80. The van der Waals surface area contributed by atoms with Crippen LogP contribution >= 0.6 is 0 Å². The van der Waals surface area contributed by atoms with E-state index in [4.69, 9.17) is 5.73 Å². The van der Waals surface area contributed by atoms with E-state index >= 15 is 0 Å². The zero-order valence-corrected chi connectivity index (χ0v) is 14.1. The van der Waals surface area contributed by atoms with Crippen molar-refractivity contribution in [1.29, 1.82) is 0 Å². The first-order chi connectivity index (χ1) is 11.0. The van der Waals surface area contributed by atoms with Crippen molar-refractivity contribution in [3.05, 3.63) is 29.3 Å². The second-order valence-electron chi connectivity index (χ2n) is 6.56. The van der Waals surface area contributed by atoms with Crippen molar-refractivity contribution < 1.29 is 9.59 Å². The van der Waals surface area contributed by atoms with Crippen molar-refractivity contribution in [2.45, 2.75) is 46.0 Å². The molecule has 2 amide bonds. The standard InChI is InChI=1S/C18H27N3O2/c1-13-5-6-15(11-14(13)2)21-17(23)18(8-3-4-9-18)12-20-16(22)7-10-19/h5-6,11H,3-4,7-10,12,19H2,1-2H3,(H,20,22)(H,21,23). The van der Waals surface area contributed by atoms with Gasteiger partial charge < -0.3 is 16.4 Å². The Balaban J connectivity index is 2.05. The third-order valence-electron chi connectivity index (χ3n) is 4.80. The number of nitrogens with two attached hydrogens (primary N) is 1. The smallest absolute Gasteiger partial charge is 0.232 e. The van der Waals surface area contributed by atoms with Crippen LogP contribution in [-0.2, 0) is 9.59 Å². The maximum absolute atomic E-state index is 12.8. The van der Waals surface area contributed by atoms with Gasteiger partial charge in [0.1, 0.15) is 0 Å². The summed E-state index contributed by atoms with van der Waals surface area (Å²) < 4.78 is 0. The van der Waals surface area contributed by atoms with Gasteiger partial charge >= 0.3 is 0 Å². The van der Waals surface area contributed by atoms with Crippen LogP contribution in [0.25, 0.3) is 0 Å². The van der Waals surface area contributed by atoms with Crippen LogP contribution in [-0.4, -0.2) is 24.9 Å². The predicted octanol–water partition coefficient (Wildman–Crippen LogP) is 2.27. The highest BCUT2D eigenvalue weighted by atomic mass is 16.2. The summed E-state index contributed by atoms with van der Waals surface area (Å²) in [6.07, 6.45) is 3.97. The summed E-state index contributed by atoms with van der Waals surface area (Å²) in [7, 11) is 0. The average molecular weight is 317 g/mol. The van der Waals surface area contributed by atoms with Gasteiger partial charge in [-0.25, -0.2) is 0 Å². The third kappa shape index (κ3) is 4.32. The van der Waals surface area contributed by atoms with Crippen LogP contribution in [0, 0.1) is 19.3 Å². The van der Waals surface area contributed by atoms with E-state index in [0.717, 1.165) is 36.9 Å². The number of hydrogen-bond acceptors (Lipinski definition) is 3. The van der Waals surface area contributed by atoms with Crippen LogP contribution in [0.2, 0.25) is 0 Å². The maximum Gasteiger partial charge on any atom is 0.232 e. The molecule has 1 aliphatic carbocycles. The van der Waals surface area contributed by atoms with Gasteiger partial charge in [0.25, 0.3) is 0 Å². The van der Waals surface area contributed by atoms with E-state index in [0.29, 0.717) is 19.5 Å². The van der Waals surface area contributed by atoms with Crippen LogP contribution in [0.1, 0.15) is 43.2 Å². The van der Waals surface area contributed by atoms with Gasteiger partial charge in [-0.3, -0.25) is 9.59 Å². The van der Waals surface area contributed by atoms with Gasteiger partial charge in [-0.2, -0.15) is 0 Å². The molecular weight excluding hydrogens is 290 g/mol. The number of anilines is 1. The topological polar surface area (TPSA) is 84.2 Å². The van der Waals surface area contributed by atoms with Crippen molar-refractivity contribution in [3.8, 4) is 0 Å². The number of nitrogens with one attached hydrogen (secondary N) is 2. The molecule has 0 spiro atoms. The molecule has 0 saturated heterocycles. The summed E-state index contributed by atoms with van der Waals surface area (Å²) in [6, 6.07) is 5.92. The molecule has 5 nitrogen and oxygen atoms in total. The number of benzene rings is 1. The Morgan fingerprint density at radius 2 is 1.87 bits per heavy atom. The summed E-state index contributed by atoms with van der Waals surface area (Å²) in [5.41, 5.74) is 8.07. The molecule has 1 aromatic carbocycles. The highest BCUT2D eigenvalue weighted by Crippen LogP contribution is 2.38. The van der Waals surface area contributed by atoms with Gasteiger partial charge in [-0.1, -0.05) is 18.9 Å². The number of carbonyl (C=O) groups excluding carboxylic acids is 2. The first-order valence-electron chi connectivity index (χ1n) is 8.32. The van der Waals surface area contributed by atoms with Gasteiger partial charge in [-0.05, 0) is 49.9 Å². The molecule has 4 N–H and O–H groups in total. The minimum atomic E-state index is -0.497. The molecule has 1 fully saturated rings. The lowest BCUT2D eigenvalue weighted by molar-refractivity contribution is -0.126. The Kier molecular flexibility index (Phi) is 5.77. The molecule has 0 atom stereocenters. The second kappa shape index (κ2) is 7.59. The minimum Gasteiger partial charge on any atom is -0.355 e. The summed E-state index contributed by atoms with van der Waals surface area (Å²) in [5.74, 6) is -0.0796. The van der Waals surface area contributed by atoms with Gasteiger partial charge in [0.15, 0.2) is 0 Å². The van der Waals surface area contributed by atoms with E-state index in [1.54, 1.807) is 0 Å². The van der Waals surface area contributed by atoms with E-state index in [1.165, 1.54) is 5.56 Å². The van der Waals surface area contributed by atoms with Crippen LogP contribution in [0.3, 0.4) is 0 Å². The lowest BCUT2D eigenvalue weighted by atomic mass is 9.84. The van der Waals surface area contributed by atoms with Gasteiger partial charge in [0.05, 0.1) is 5.41 Å². The molecule has 1 aromatic rings. The highest BCUT2D eigenvalue weighted by Gasteiger charge is 2.41. The molecule has 126 valence electrons.